The second-order valence-corrected chi connectivity index (χ2v) is 7.08. The van der Waals surface area contributed by atoms with E-state index in [1.54, 1.807) is 12.3 Å². The van der Waals surface area contributed by atoms with Crippen LogP contribution in [0, 0.1) is 0 Å². The van der Waals surface area contributed by atoms with Crippen LogP contribution in [0.25, 0.3) is 23.1 Å². The predicted octanol–water partition coefficient (Wildman–Crippen LogP) is 4.60. The Morgan fingerprint density at radius 3 is 2.57 bits per heavy atom. The van der Waals surface area contributed by atoms with E-state index in [4.69, 9.17) is 0 Å². The SMILES string of the molecule is O=Cc1ccccc1Sc1ccc2c(/C=C/c3ccccn3)nn(C=O)c2c1. The third-order valence-electron chi connectivity index (χ3n) is 4.18. The maximum atomic E-state index is 11.5. The molecule has 136 valence electrons. The Morgan fingerprint density at radius 2 is 1.79 bits per heavy atom. The van der Waals surface area contributed by atoms with Crippen LogP contribution in [0.5, 0.6) is 0 Å². The lowest BCUT2D eigenvalue weighted by Crippen LogP contribution is -1.96. The van der Waals surface area contributed by atoms with Crippen molar-refractivity contribution in [1.82, 2.24) is 14.8 Å². The van der Waals surface area contributed by atoms with E-state index in [9.17, 15) is 9.59 Å². The van der Waals surface area contributed by atoms with Crippen LogP contribution in [0.2, 0.25) is 0 Å². The van der Waals surface area contributed by atoms with Gasteiger partial charge in [-0.1, -0.05) is 36.0 Å². The van der Waals surface area contributed by atoms with Gasteiger partial charge in [-0.2, -0.15) is 5.10 Å². The molecule has 0 unspecified atom stereocenters. The van der Waals surface area contributed by atoms with E-state index in [-0.39, 0.29) is 0 Å². The van der Waals surface area contributed by atoms with Gasteiger partial charge in [0.2, 0.25) is 6.41 Å². The Balaban J connectivity index is 1.71. The Hall–Kier alpha value is -3.51. The van der Waals surface area contributed by atoms with Gasteiger partial charge in [0.25, 0.3) is 0 Å². The highest BCUT2D eigenvalue weighted by Crippen LogP contribution is 2.32. The molecule has 5 nitrogen and oxygen atoms in total. The number of hydrogen-bond acceptors (Lipinski definition) is 5. The van der Waals surface area contributed by atoms with Gasteiger partial charge in [0.15, 0.2) is 6.29 Å². The number of aromatic nitrogens is 3. The molecule has 0 spiro atoms. The third kappa shape index (κ3) is 3.63. The molecule has 0 saturated carbocycles. The highest BCUT2D eigenvalue weighted by Gasteiger charge is 2.11. The number of aldehydes is 1. The maximum absolute atomic E-state index is 11.5. The Morgan fingerprint density at radius 1 is 0.929 bits per heavy atom. The fourth-order valence-electron chi connectivity index (χ4n) is 2.85. The van der Waals surface area contributed by atoms with E-state index in [1.807, 2.05) is 66.7 Å². The molecule has 0 fully saturated rings. The van der Waals surface area contributed by atoms with Gasteiger partial charge in [-0.05, 0) is 48.6 Å². The molecule has 0 aliphatic rings. The topological polar surface area (TPSA) is 64.8 Å². The lowest BCUT2D eigenvalue weighted by Gasteiger charge is -2.05. The first kappa shape index (κ1) is 17.9. The minimum Gasteiger partial charge on any atom is -0.298 e. The van der Waals surface area contributed by atoms with Gasteiger partial charge in [-0.3, -0.25) is 14.6 Å². The molecule has 0 amide bonds. The van der Waals surface area contributed by atoms with Crippen LogP contribution in [0.15, 0.2) is 76.7 Å². The quantitative estimate of drug-likeness (QED) is 0.454. The Bertz CT molecular complexity index is 1180. The average Bonchev–Trinajstić information content (AvgIpc) is 3.10. The standard InChI is InChI=1S/C22H15N3O2S/c26-14-16-5-1-2-7-22(16)28-18-9-10-19-20(24-25(15-27)21(19)13-18)11-8-17-6-3-4-12-23-17/h1-15H/b11-8+. The van der Waals surface area contributed by atoms with Crippen molar-refractivity contribution < 1.29 is 9.59 Å². The molecule has 6 heteroatoms. The number of pyridine rings is 1. The summed E-state index contributed by atoms with van der Waals surface area (Å²) in [6, 6.07) is 18.9. The van der Waals surface area contributed by atoms with Crippen LogP contribution in [0.1, 0.15) is 21.7 Å². The number of fused-ring (bicyclic) bond motifs is 1. The van der Waals surface area contributed by atoms with Crippen LogP contribution in [0.3, 0.4) is 0 Å². The summed E-state index contributed by atoms with van der Waals surface area (Å²) in [7, 11) is 0. The smallest absolute Gasteiger partial charge is 0.234 e. The van der Waals surface area contributed by atoms with Crippen molar-refractivity contribution in [1.29, 1.82) is 0 Å². The van der Waals surface area contributed by atoms with Crippen LogP contribution >= 0.6 is 11.8 Å². The molecule has 2 aromatic heterocycles. The zero-order valence-corrected chi connectivity index (χ0v) is 15.5. The molecule has 4 rings (SSSR count). The molecular formula is C22H15N3O2S. The molecule has 0 saturated heterocycles. The van der Waals surface area contributed by atoms with Gasteiger partial charge in [-0.15, -0.1) is 0 Å². The largest absolute Gasteiger partial charge is 0.298 e. The van der Waals surface area contributed by atoms with Crippen LogP contribution in [-0.4, -0.2) is 27.5 Å². The van der Waals surface area contributed by atoms with Gasteiger partial charge in [0.05, 0.1) is 16.9 Å². The molecule has 0 aliphatic heterocycles. The van der Waals surface area contributed by atoms with Crippen molar-refractivity contribution in [3.63, 3.8) is 0 Å². The van der Waals surface area contributed by atoms with E-state index in [0.29, 0.717) is 23.2 Å². The number of rotatable bonds is 6. The normalized spacial score (nSPS) is 11.1. The second-order valence-electron chi connectivity index (χ2n) is 5.96. The summed E-state index contributed by atoms with van der Waals surface area (Å²) in [6.07, 6.45) is 6.97. The van der Waals surface area contributed by atoms with Crippen molar-refractivity contribution in [3.05, 3.63) is 83.8 Å². The van der Waals surface area contributed by atoms with Crippen molar-refractivity contribution in [2.75, 3.05) is 0 Å². The molecule has 0 radical (unpaired) electrons. The molecular weight excluding hydrogens is 370 g/mol. The predicted molar refractivity (Wildman–Crippen MR) is 111 cm³/mol. The zero-order valence-electron chi connectivity index (χ0n) is 14.7. The first-order valence-electron chi connectivity index (χ1n) is 8.57. The molecule has 2 aromatic carbocycles. The van der Waals surface area contributed by atoms with E-state index in [1.165, 1.54) is 16.4 Å². The van der Waals surface area contributed by atoms with Crippen LogP contribution in [-0.2, 0) is 4.79 Å². The second kappa shape index (κ2) is 8.02. The Labute approximate surface area is 165 Å². The summed E-state index contributed by atoms with van der Waals surface area (Å²) in [5.41, 5.74) is 2.85. The van der Waals surface area contributed by atoms with E-state index < -0.39 is 0 Å². The summed E-state index contributed by atoms with van der Waals surface area (Å²) < 4.78 is 1.32. The molecule has 0 aliphatic carbocycles. The average molecular weight is 385 g/mol. The van der Waals surface area contributed by atoms with E-state index in [0.717, 1.165) is 27.2 Å². The van der Waals surface area contributed by atoms with Gasteiger partial charge >= 0.3 is 0 Å². The Kier molecular flexibility index (Phi) is 5.12. The zero-order chi connectivity index (χ0) is 19.3. The van der Waals surface area contributed by atoms with Gasteiger partial charge in [0, 0.05) is 26.9 Å². The maximum Gasteiger partial charge on any atom is 0.234 e. The minimum absolute atomic E-state index is 0.635. The van der Waals surface area contributed by atoms with Crippen LogP contribution in [0.4, 0.5) is 0 Å². The molecule has 0 bridgehead atoms. The van der Waals surface area contributed by atoms with Gasteiger partial charge < -0.3 is 0 Å². The third-order valence-corrected chi connectivity index (χ3v) is 5.26. The van der Waals surface area contributed by atoms with Crippen LogP contribution < -0.4 is 0 Å². The number of hydrogen-bond donors (Lipinski definition) is 0. The monoisotopic (exact) mass is 385 g/mol. The highest BCUT2D eigenvalue weighted by atomic mass is 32.2. The summed E-state index contributed by atoms with van der Waals surface area (Å²) in [5.74, 6) is 0. The lowest BCUT2D eigenvalue weighted by molar-refractivity contribution is 0.112. The minimum atomic E-state index is 0.635. The summed E-state index contributed by atoms with van der Waals surface area (Å²) >= 11 is 1.48. The van der Waals surface area contributed by atoms with Crippen molar-refractivity contribution in [3.8, 4) is 0 Å². The van der Waals surface area contributed by atoms with Crippen molar-refractivity contribution in [2.45, 2.75) is 9.79 Å². The molecule has 28 heavy (non-hydrogen) atoms. The number of benzene rings is 2. The lowest BCUT2D eigenvalue weighted by atomic mass is 10.2. The number of carbonyl (C=O) groups excluding carboxylic acids is 2. The van der Waals surface area contributed by atoms with Crippen molar-refractivity contribution >= 4 is 47.5 Å². The number of carbonyl (C=O) groups is 2. The number of nitrogens with zero attached hydrogens (tertiary/aromatic N) is 3. The molecule has 2 heterocycles. The molecule has 4 aromatic rings. The van der Waals surface area contributed by atoms with E-state index >= 15 is 0 Å². The first-order chi connectivity index (χ1) is 13.8. The fourth-order valence-corrected chi connectivity index (χ4v) is 3.79. The summed E-state index contributed by atoms with van der Waals surface area (Å²) in [6.45, 7) is 0. The van der Waals surface area contributed by atoms with Gasteiger partial charge in [-0.25, -0.2) is 4.68 Å². The summed E-state index contributed by atoms with van der Waals surface area (Å²) in [4.78, 5) is 28.8. The highest BCUT2D eigenvalue weighted by molar-refractivity contribution is 7.99. The van der Waals surface area contributed by atoms with E-state index in [2.05, 4.69) is 10.1 Å². The molecule has 0 atom stereocenters. The summed E-state index contributed by atoms with van der Waals surface area (Å²) in [5, 5.41) is 5.24. The van der Waals surface area contributed by atoms with Gasteiger partial charge in [0.1, 0.15) is 0 Å². The fraction of sp³-hybridized carbons (Fsp3) is 0. The molecule has 0 N–H and O–H groups in total. The van der Waals surface area contributed by atoms with Crippen molar-refractivity contribution in [2.24, 2.45) is 0 Å². The first-order valence-corrected chi connectivity index (χ1v) is 9.39.